The normalized spacial score (nSPS) is 19.3. The van der Waals surface area contributed by atoms with Crippen molar-refractivity contribution in [3.05, 3.63) is 34.3 Å². The van der Waals surface area contributed by atoms with E-state index < -0.39 is 15.8 Å². The summed E-state index contributed by atoms with van der Waals surface area (Å²) >= 11 is 3.27. The third kappa shape index (κ3) is 4.78. The Hall–Kier alpha value is -1.41. The molecule has 1 saturated heterocycles. The molecule has 0 radical (unpaired) electrons. The number of sulfone groups is 1. The third-order valence-electron chi connectivity index (χ3n) is 3.72. The highest BCUT2D eigenvalue weighted by molar-refractivity contribution is 9.10. The molecule has 0 aromatic heterocycles. The number of ether oxygens (including phenoxy) is 1. The Morgan fingerprint density at radius 1 is 1.30 bits per heavy atom. The van der Waals surface area contributed by atoms with Crippen LogP contribution in [-0.4, -0.2) is 55.9 Å². The number of hydrogen-bond donors (Lipinski definition) is 0. The molecule has 1 aliphatic heterocycles. The standard InChI is InChI=1S/C15H18BrNO5S/c1-2-17(13-7-8-23(20,21)10-13)14(18)9-22-15(19)11-3-5-12(16)6-4-11/h3-6,13H,2,7-10H2,1H3/t13-/m1/s1. The van der Waals surface area contributed by atoms with Crippen LogP contribution >= 0.6 is 15.9 Å². The van der Waals surface area contributed by atoms with Gasteiger partial charge in [0.05, 0.1) is 17.1 Å². The maximum Gasteiger partial charge on any atom is 0.338 e. The van der Waals surface area contributed by atoms with Gasteiger partial charge in [0.2, 0.25) is 0 Å². The monoisotopic (exact) mass is 403 g/mol. The molecule has 0 bridgehead atoms. The van der Waals surface area contributed by atoms with E-state index in [-0.39, 0.29) is 30.1 Å². The van der Waals surface area contributed by atoms with E-state index >= 15 is 0 Å². The number of benzene rings is 1. The van der Waals surface area contributed by atoms with Crippen LogP contribution in [0.25, 0.3) is 0 Å². The van der Waals surface area contributed by atoms with Gasteiger partial charge in [-0.2, -0.15) is 0 Å². The van der Waals surface area contributed by atoms with E-state index in [0.29, 0.717) is 18.5 Å². The van der Waals surface area contributed by atoms with Gasteiger partial charge in [-0.25, -0.2) is 13.2 Å². The predicted octanol–water partition coefficient (Wildman–Crippen LogP) is 1.64. The molecule has 1 heterocycles. The summed E-state index contributed by atoms with van der Waals surface area (Å²) in [6.45, 7) is 1.77. The summed E-state index contributed by atoms with van der Waals surface area (Å²) in [5, 5.41) is 0. The molecule has 1 aromatic carbocycles. The van der Waals surface area contributed by atoms with Crippen molar-refractivity contribution in [2.45, 2.75) is 19.4 Å². The van der Waals surface area contributed by atoms with Crippen molar-refractivity contribution in [1.82, 2.24) is 4.90 Å². The summed E-state index contributed by atoms with van der Waals surface area (Å²) in [6, 6.07) is 6.28. The van der Waals surface area contributed by atoms with E-state index in [2.05, 4.69) is 15.9 Å². The van der Waals surface area contributed by atoms with Crippen LogP contribution in [0.1, 0.15) is 23.7 Å². The van der Waals surface area contributed by atoms with Crippen molar-refractivity contribution in [2.75, 3.05) is 24.7 Å². The topological polar surface area (TPSA) is 80.8 Å². The zero-order chi connectivity index (χ0) is 17.0. The fourth-order valence-electron chi connectivity index (χ4n) is 2.54. The highest BCUT2D eigenvalue weighted by Crippen LogP contribution is 2.18. The minimum Gasteiger partial charge on any atom is -0.452 e. The second-order valence-electron chi connectivity index (χ2n) is 5.32. The lowest BCUT2D eigenvalue weighted by Gasteiger charge is -2.26. The number of nitrogens with zero attached hydrogens (tertiary/aromatic N) is 1. The lowest BCUT2D eigenvalue weighted by Crippen LogP contribution is -2.43. The van der Waals surface area contributed by atoms with Gasteiger partial charge in [0, 0.05) is 17.1 Å². The summed E-state index contributed by atoms with van der Waals surface area (Å²) in [7, 11) is -3.07. The number of rotatable bonds is 5. The summed E-state index contributed by atoms with van der Waals surface area (Å²) in [5.74, 6) is -0.881. The first-order chi connectivity index (χ1) is 10.8. The van der Waals surface area contributed by atoms with Crippen LogP contribution in [0, 0.1) is 0 Å². The van der Waals surface area contributed by atoms with E-state index in [1.54, 1.807) is 31.2 Å². The second-order valence-corrected chi connectivity index (χ2v) is 8.46. The molecule has 0 aliphatic carbocycles. The Kier molecular flexibility index (Phi) is 5.80. The molecule has 8 heteroatoms. The molecule has 0 saturated carbocycles. The molecule has 1 atom stereocenters. The van der Waals surface area contributed by atoms with Gasteiger partial charge in [0.15, 0.2) is 16.4 Å². The Labute approximate surface area is 143 Å². The summed E-state index contributed by atoms with van der Waals surface area (Å²) in [5.41, 5.74) is 0.354. The molecule has 0 unspecified atom stereocenters. The van der Waals surface area contributed by atoms with Gasteiger partial charge >= 0.3 is 5.97 Å². The van der Waals surface area contributed by atoms with Gasteiger partial charge in [-0.15, -0.1) is 0 Å². The van der Waals surface area contributed by atoms with Crippen LogP contribution in [0.5, 0.6) is 0 Å². The molecule has 1 aromatic rings. The molecule has 6 nitrogen and oxygen atoms in total. The summed E-state index contributed by atoms with van der Waals surface area (Å²) in [6.07, 6.45) is 0.433. The van der Waals surface area contributed by atoms with Crippen molar-refractivity contribution in [3.63, 3.8) is 0 Å². The van der Waals surface area contributed by atoms with Crippen molar-refractivity contribution in [3.8, 4) is 0 Å². The molecule has 1 aliphatic rings. The van der Waals surface area contributed by atoms with Gasteiger partial charge < -0.3 is 9.64 Å². The van der Waals surface area contributed by atoms with Crippen LogP contribution in [0.2, 0.25) is 0 Å². The van der Waals surface area contributed by atoms with Crippen LogP contribution < -0.4 is 0 Å². The Bertz CT molecular complexity index is 686. The number of halogens is 1. The molecule has 0 N–H and O–H groups in total. The average Bonchev–Trinajstić information content (AvgIpc) is 2.86. The van der Waals surface area contributed by atoms with Crippen LogP contribution in [0.4, 0.5) is 0 Å². The van der Waals surface area contributed by atoms with Crippen LogP contribution in [-0.2, 0) is 19.4 Å². The van der Waals surface area contributed by atoms with Gasteiger partial charge in [0.1, 0.15) is 0 Å². The van der Waals surface area contributed by atoms with E-state index in [9.17, 15) is 18.0 Å². The Balaban J connectivity index is 1.92. The SMILES string of the molecule is CCN(C(=O)COC(=O)c1ccc(Br)cc1)[C@@H]1CCS(=O)(=O)C1. The smallest absolute Gasteiger partial charge is 0.338 e. The van der Waals surface area contributed by atoms with Crippen molar-refractivity contribution >= 4 is 37.6 Å². The summed E-state index contributed by atoms with van der Waals surface area (Å²) in [4.78, 5) is 25.6. The van der Waals surface area contributed by atoms with E-state index in [1.807, 2.05) is 0 Å². The average molecular weight is 404 g/mol. The van der Waals surface area contributed by atoms with Gasteiger partial charge in [-0.1, -0.05) is 15.9 Å². The fourth-order valence-corrected chi connectivity index (χ4v) is 4.53. The largest absolute Gasteiger partial charge is 0.452 e. The Morgan fingerprint density at radius 2 is 1.96 bits per heavy atom. The molecular formula is C15H18BrNO5S. The Morgan fingerprint density at radius 3 is 2.48 bits per heavy atom. The molecule has 23 heavy (non-hydrogen) atoms. The van der Waals surface area contributed by atoms with Crippen LogP contribution in [0.3, 0.4) is 0 Å². The number of hydrogen-bond acceptors (Lipinski definition) is 5. The van der Waals surface area contributed by atoms with Crippen LogP contribution in [0.15, 0.2) is 28.7 Å². The predicted molar refractivity (Wildman–Crippen MR) is 88.9 cm³/mol. The van der Waals surface area contributed by atoms with Gasteiger partial charge in [-0.3, -0.25) is 4.79 Å². The maximum atomic E-state index is 12.2. The number of amides is 1. The quantitative estimate of drug-likeness (QED) is 0.698. The molecule has 0 spiro atoms. The number of esters is 1. The minimum atomic E-state index is -3.07. The summed E-state index contributed by atoms with van der Waals surface area (Å²) < 4.78 is 28.9. The van der Waals surface area contributed by atoms with Gasteiger partial charge in [0.25, 0.3) is 5.91 Å². The van der Waals surface area contributed by atoms with Crippen molar-refractivity contribution in [1.29, 1.82) is 0 Å². The lowest BCUT2D eigenvalue weighted by atomic mass is 10.2. The molecule has 2 rings (SSSR count). The number of carbonyl (C=O) groups is 2. The zero-order valence-electron chi connectivity index (χ0n) is 12.7. The lowest BCUT2D eigenvalue weighted by molar-refractivity contribution is -0.136. The molecular weight excluding hydrogens is 386 g/mol. The minimum absolute atomic E-state index is 0.0206. The number of likely N-dealkylation sites (N-methyl/N-ethyl adjacent to an activating group) is 1. The molecule has 126 valence electrons. The number of carbonyl (C=O) groups excluding carboxylic acids is 2. The highest BCUT2D eigenvalue weighted by Gasteiger charge is 2.34. The molecule has 1 amide bonds. The van der Waals surface area contributed by atoms with Gasteiger partial charge in [-0.05, 0) is 37.6 Å². The van der Waals surface area contributed by atoms with E-state index in [0.717, 1.165) is 4.47 Å². The third-order valence-corrected chi connectivity index (χ3v) is 6.00. The fraction of sp³-hybridized carbons (Fsp3) is 0.467. The second kappa shape index (κ2) is 7.44. The first-order valence-corrected chi connectivity index (χ1v) is 9.86. The maximum absolute atomic E-state index is 12.2. The van der Waals surface area contributed by atoms with Crippen molar-refractivity contribution < 1.29 is 22.7 Å². The van der Waals surface area contributed by atoms with Crippen molar-refractivity contribution in [2.24, 2.45) is 0 Å². The van der Waals surface area contributed by atoms with E-state index in [4.69, 9.17) is 4.74 Å². The highest BCUT2D eigenvalue weighted by atomic mass is 79.9. The first kappa shape index (κ1) is 17.9. The van der Waals surface area contributed by atoms with E-state index in [1.165, 1.54) is 4.90 Å². The first-order valence-electron chi connectivity index (χ1n) is 7.25. The molecule has 1 fully saturated rings. The zero-order valence-corrected chi connectivity index (χ0v) is 15.1.